The predicted molar refractivity (Wildman–Crippen MR) is 89.0 cm³/mol. The molecular weight excluding hydrogens is 276 g/mol. The maximum absolute atomic E-state index is 12.4. The van der Waals surface area contributed by atoms with Crippen molar-refractivity contribution in [2.45, 2.75) is 39.8 Å². The van der Waals surface area contributed by atoms with Gasteiger partial charge in [-0.1, -0.05) is 30.3 Å². The Morgan fingerprint density at radius 3 is 2.50 bits per heavy atom. The van der Waals surface area contributed by atoms with Crippen molar-refractivity contribution in [2.75, 3.05) is 11.9 Å². The molecule has 5 heteroatoms. The van der Waals surface area contributed by atoms with Crippen molar-refractivity contribution < 1.29 is 4.79 Å². The van der Waals surface area contributed by atoms with Crippen LogP contribution in [0, 0.1) is 0 Å². The van der Waals surface area contributed by atoms with E-state index in [4.69, 9.17) is 0 Å². The third-order valence-corrected chi connectivity index (χ3v) is 3.78. The van der Waals surface area contributed by atoms with Crippen LogP contribution < -0.4 is 5.32 Å². The molecule has 0 aliphatic rings. The Morgan fingerprint density at radius 1 is 1.23 bits per heavy atom. The second kappa shape index (κ2) is 7.11. The first-order valence-electron chi connectivity index (χ1n) is 7.70. The summed E-state index contributed by atoms with van der Waals surface area (Å²) in [5.74, 6) is 0.709. The number of aromatic nitrogens is 2. The van der Waals surface area contributed by atoms with Gasteiger partial charge in [0, 0.05) is 18.7 Å². The fourth-order valence-corrected chi connectivity index (χ4v) is 2.52. The Kier molecular flexibility index (Phi) is 5.20. The largest absolute Gasteiger partial charge is 0.323 e. The van der Waals surface area contributed by atoms with Gasteiger partial charge in [0.2, 0.25) is 0 Å². The highest BCUT2D eigenvalue weighted by molar-refractivity contribution is 5.88. The van der Waals surface area contributed by atoms with Gasteiger partial charge in [-0.2, -0.15) is 5.10 Å². The standard InChI is InChI=1S/C17H24N4O/c1-5-20(13(2)3)17(22)19-16-11-12-18-21(16)14(4)15-9-7-6-8-10-15/h6-14H,5H2,1-4H3,(H,19,22). The highest BCUT2D eigenvalue weighted by atomic mass is 16.2. The Bertz CT molecular complexity index is 606. The summed E-state index contributed by atoms with van der Waals surface area (Å²) in [5.41, 5.74) is 1.15. The minimum atomic E-state index is -0.0977. The molecule has 0 radical (unpaired) electrons. The van der Waals surface area contributed by atoms with Crippen molar-refractivity contribution in [2.24, 2.45) is 0 Å². The smallest absolute Gasteiger partial charge is 0.322 e. The monoisotopic (exact) mass is 300 g/mol. The SMILES string of the molecule is CCN(C(=O)Nc1ccnn1C(C)c1ccccc1)C(C)C. The van der Waals surface area contributed by atoms with E-state index in [1.54, 1.807) is 11.1 Å². The van der Waals surface area contributed by atoms with Gasteiger partial charge < -0.3 is 4.90 Å². The number of nitrogens with one attached hydrogen (secondary N) is 1. The van der Waals surface area contributed by atoms with Crippen LogP contribution in [0.2, 0.25) is 0 Å². The molecule has 1 atom stereocenters. The molecule has 1 aromatic heterocycles. The quantitative estimate of drug-likeness (QED) is 0.914. The third kappa shape index (κ3) is 3.47. The summed E-state index contributed by atoms with van der Waals surface area (Å²) in [7, 11) is 0. The average Bonchev–Trinajstić information content (AvgIpc) is 2.95. The van der Waals surface area contributed by atoms with Crippen molar-refractivity contribution in [3.63, 3.8) is 0 Å². The van der Waals surface area contributed by atoms with Crippen LogP contribution >= 0.6 is 0 Å². The van der Waals surface area contributed by atoms with E-state index in [0.717, 1.165) is 5.56 Å². The molecule has 5 nitrogen and oxygen atoms in total. The van der Waals surface area contributed by atoms with Gasteiger partial charge >= 0.3 is 6.03 Å². The summed E-state index contributed by atoms with van der Waals surface area (Å²) in [5, 5.41) is 7.32. The molecule has 0 saturated carbocycles. The lowest BCUT2D eigenvalue weighted by atomic mass is 10.1. The fourth-order valence-electron chi connectivity index (χ4n) is 2.52. The van der Waals surface area contributed by atoms with E-state index < -0.39 is 0 Å². The Balaban J connectivity index is 2.18. The molecule has 1 unspecified atom stereocenters. The lowest BCUT2D eigenvalue weighted by Crippen LogP contribution is -2.40. The van der Waals surface area contributed by atoms with Crippen LogP contribution in [0.5, 0.6) is 0 Å². The summed E-state index contributed by atoms with van der Waals surface area (Å²) in [6.45, 7) is 8.73. The zero-order valence-corrected chi connectivity index (χ0v) is 13.7. The highest BCUT2D eigenvalue weighted by Gasteiger charge is 2.18. The summed E-state index contributed by atoms with van der Waals surface area (Å²) in [6.07, 6.45) is 1.71. The van der Waals surface area contributed by atoms with E-state index in [-0.39, 0.29) is 18.1 Å². The number of hydrogen-bond acceptors (Lipinski definition) is 2. The molecule has 0 fully saturated rings. The van der Waals surface area contributed by atoms with Gasteiger partial charge in [0.25, 0.3) is 0 Å². The summed E-state index contributed by atoms with van der Waals surface area (Å²) >= 11 is 0. The second-order valence-electron chi connectivity index (χ2n) is 5.56. The summed E-state index contributed by atoms with van der Waals surface area (Å²) in [6, 6.07) is 12.1. The number of carbonyl (C=O) groups is 1. The topological polar surface area (TPSA) is 50.2 Å². The molecule has 0 aliphatic heterocycles. The zero-order valence-electron chi connectivity index (χ0n) is 13.7. The van der Waals surface area contributed by atoms with Crippen molar-refractivity contribution >= 4 is 11.8 Å². The molecule has 0 aliphatic carbocycles. The van der Waals surface area contributed by atoms with E-state index in [1.807, 2.05) is 49.7 Å². The first kappa shape index (κ1) is 16.1. The molecule has 2 rings (SSSR count). The van der Waals surface area contributed by atoms with Crippen molar-refractivity contribution in [1.82, 2.24) is 14.7 Å². The second-order valence-corrected chi connectivity index (χ2v) is 5.56. The summed E-state index contributed by atoms with van der Waals surface area (Å²) < 4.78 is 1.83. The lowest BCUT2D eigenvalue weighted by molar-refractivity contribution is 0.200. The Morgan fingerprint density at radius 2 is 1.91 bits per heavy atom. The molecule has 0 spiro atoms. The number of urea groups is 1. The van der Waals surface area contributed by atoms with Crippen LogP contribution in [0.1, 0.15) is 39.3 Å². The number of rotatable bonds is 5. The molecule has 0 saturated heterocycles. The van der Waals surface area contributed by atoms with E-state index in [0.29, 0.717) is 12.4 Å². The minimum Gasteiger partial charge on any atom is -0.322 e. The Hall–Kier alpha value is -2.30. The average molecular weight is 300 g/mol. The van der Waals surface area contributed by atoms with Crippen molar-refractivity contribution in [1.29, 1.82) is 0 Å². The molecule has 118 valence electrons. The number of nitrogens with zero attached hydrogens (tertiary/aromatic N) is 3. The number of hydrogen-bond donors (Lipinski definition) is 1. The molecule has 1 N–H and O–H groups in total. The summed E-state index contributed by atoms with van der Waals surface area (Å²) in [4.78, 5) is 14.2. The molecule has 22 heavy (non-hydrogen) atoms. The van der Waals surface area contributed by atoms with Crippen molar-refractivity contribution in [3.8, 4) is 0 Å². The first-order valence-corrected chi connectivity index (χ1v) is 7.70. The van der Waals surface area contributed by atoms with Crippen LogP contribution in [-0.2, 0) is 0 Å². The number of anilines is 1. The molecular formula is C17H24N4O. The van der Waals surface area contributed by atoms with Crippen LogP contribution in [0.25, 0.3) is 0 Å². The van der Waals surface area contributed by atoms with Gasteiger partial charge in [0.15, 0.2) is 0 Å². The number of benzene rings is 1. The van der Waals surface area contributed by atoms with Gasteiger partial charge in [-0.15, -0.1) is 0 Å². The first-order chi connectivity index (χ1) is 10.5. The van der Waals surface area contributed by atoms with Gasteiger partial charge in [0.05, 0.1) is 12.2 Å². The van der Waals surface area contributed by atoms with Crippen LogP contribution in [0.15, 0.2) is 42.6 Å². The molecule has 2 aromatic rings. The molecule has 1 heterocycles. The van der Waals surface area contributed by atoms with Gasteiger partial charge in [-0.05, 0) is 33.3 Å². The molecule has 2 amide bonds. The molecule has 0 bridgehead atoms. The number of carbonyl (C=O) groups excluding carboxylic acids is 1. The van der Waals surface area contributed by atoms with Gasteiger partial charge in [-0.25, -0.2) is 9.48 Å². The normalized spacial score (nSPS) is 12.2. The zero-order chi connectivity index (χ0) is 16.1. The third-order valence-electron chi connectivity index (χ3n) is 3.78. The van der Waals surface area contributed by atoms with Crippen LogP contribution in [0.3, 0.4) is 0 Å². The fraction of sp³-hybridized carbons (Fsp3) is 0.412. The lowest BCUT2D eigenvalue weighted by Gasteiger charge is -2.26. The van der Waals surface area contributed by atoms with E-state index in [9.17, 15) is 4.79 Å². The van der Waals surface area contributed by atoms with Crippen molar-refractivity contribution in [3.05, 3.63) is 48.2 Å². The minimum absolute atomic E-state index is 0.0561. The van der Waals surface area contributed by atoms with E-state index in [1.165, 1.54) is 0 Å². The molecule has 1 aromatic carbocycles. The maximum Gasteiger partial charge on any atom is 0.323 e. The number of amides is 2. The predicted octanol–water partition coefficient (Wildman–Crippen LogP) is 3.75. The van der Waals surface area contributed by atoms with Crippen LogP contribution in [0.4, 0.5) is 10.6 Å². The van der Waals surface area contributed by atoms with Gasteiger partial charge in [0.1, 0.15) is 5.82 Å². The van der Waals surface area contributed by atoms with Crippen LogP contribution in [-0.4, -0.2) is 33.3 Å². The maximum atomic E-state index is 12.4. The Labute approximate surface area is 131 Å². The van der Waals surface area contributed by atoms with E-state index >= 15 is 0 Å². The van der Waals surface area contributed by atoms with E-state index in [2.05, 4.69) is 29.5 Å². The van der Waals surface area contributed by atoms with Gasteiger partial charge in [-0.3, -0.25) is 5.32 Å². The highest BCUT2D eigenvalue weighted by Crippen LogP contribution is 2.21.